The largest absolute Gasteiger partial charge is 0.497 e. The standard InChI is InChI=1S/C21H16NOS/c1-22-17-12-13(23-2)10-11-14(17)15-7-5-9-19-20(15)21(22)16-6-3-4-8-18(16)24-19/h3-12H,1-2H3/q+1. The number of ether oxygens (including phenoxy) is 1. The Balaban J connectivity index is 2.05. The number of fused-ring (bicyclic) bond motifs is 4. The minimum Gasteiger partial charge on any atom is -0.497 e. The summed E-state index contributed by atoms with van der Waals surface area (Å²) in [4.78, 5) is 2.64. The Labute approximate surface area is 144 Å². The number of methoxy groups -OCH3 is 1. The highest BCUT2D eigenvalue weighted by molar-refractivity contribution is 7.99. The van der Waals surface area contributed by atoms with Crippen LogP contribution in [0.2, 0.25) is 0 Å². The molecule has 1 aliphatic rings. The molecule has 4 aromatic rings. The molecule has 0 N–H and O–H groups in total. The van der Waals surface area contributed by atoms with Gasteiger partial charge in [0.2, 0.25) is 11.2 Å². The third-order valence-electron chi connectivity index (χ3n) is 4.82. The van der Waals surface area contributed by atoms with Crippen molar-refractivity contribution in [3.05, 3.63) is 60.7 Å². The van der Waals surface area contributed by atoms with Crippen molar-refractivity contribution in [2.75, 3.05) is 7.11 Å². The van der Waals surface area contributed by atoms with Crippen molar-refractivity contribution in [3.63, 3.8) is 0 Å². The van der Waals surface area contributed by atoms with Crippen LogP contribution in [0.1, 0.15) is 0 Å². The van der Waals surface area contributed by atoms with Gasteiger partial charge in [0.1, 0.15) is 12.8 Å². The summed E-state index contributed by atoms with van der Waals surface area (Å²) < 4.78 is 7.76. The molecule has 24 heavy (non-hydrogen) atoms. The molecule has 0 aliphatic carbocycles. The van der Waals surface area contributed by atoms with Crippen molar-refractivity contribution in [3.8, 4) is 17.0 Å². The molecule has 116 valence electrons. The van der Waals surface area contributed by atoms with Crippen LogP contribution in [0.5, 0.6) is 5.75 Å². The van der Waals surface area contributed by atoms with Crippen LogP contribution in [0.3, 0.4) is 0 Å². The van der Waals surface area contributed by atoms with Crippen molar-refractivity contribution in [1.82, 2.24) is 0 Å². The maximum atomic E-state index is 5.45. The third kappa shape index (κ3) is 1.76. The summed E-state index contributed by atoms with van der Waals surface area (Å²) in [6.07, 6.45) is 0. The van der Waals surface area contributed by atoms with Crippen LogP contribution in [0.15, 0.2) is 70.5 Å². The fourth-order valence-corrected chi connectivity index (χ4v) is 4.82. The molecule has 2 heterocycles. The van der Waals surface area contributed by atoms with Crippen LogP contribution in [-0.4, -0.2) is 7.11 Å². The van der Waals surface area contributed by atoms with Gasteiger partial charge in [0, 0.05) is 15.2 Å². The molecule has 0 amide bonds. The highest BCUT2D eigenvalue weighted by Crippen LogP contribution is 2.47. The lowest BCUT2D eigenvalue weighted by Gasteiger charge is -2.19. The van der Waals surface area contributed by atoms with Gasteiger partial charge in [-0.2, -0.15) is 4.57 Å². The highest BCUT2D eigenvalue weighted by atomic mass is 32.2. The van der Waals surface area contributed by atoms with E-state index in [9.17, 15) is 0 Å². The molecule has 0 saturated carbocycles. The summed E-state index contributed by atoms with van der Waals surface area (Å²) in [5.41, 5.74) is 3.78. The number of benzene rings is 3. The van der Waals surface area contributed by atoms with Crippen LogP contribution in [0.25, 0.3) is 32.9 Å². The number of rotatable bonds is 1. The number of aromatic nitrogens is 1. The summed E-state index contributed by atoms with van der Waals surface area (Å²) in [7, 11) is 3.87. The molecule has 0 atom stereocenters. The molecule has 3 heteroatoms. The molecule has 2 nitrogen and oxygen atoms in total. The van der Waals surface area contributed by atoms with Crippen molar-refractivity contribution < 1.29 is 9.30 Å². The molecule has 0 radical (unpaired) electrons. The molecule has 0 saturated heterocycles. The lowest BCUT2D eigenvalue weighted by atomic mass is 9.98. The Morgan fingerprint density at radius 2 is 1.71 bits per heavy atom. The molecule has 1 aliphatic heterocycles. The van der Waals surface area contributed by atoms with Crippen molar-refractivity contribution in [2.45, 2.75) is 9.79 Å². The summed E-state index contributed by atoms with van der Waals surface area (Å²) in [6, 6.07) is 21.6. The Morgan fingerprint density at radius 3 is 2.58 bits per heavy atom. The summed E-state index contributed by atoms with van der Waals surface area (Å²) >= 11 is 1.86. The van der Waals surface area contributed by atoms with Gasteiger partial charge in [-0.05, 0) is 30.3 Å². The SMILES string of the molecule is COc1ccc2c3cccc4c3c([n+](C)c2c1)-c1ccccc1S4. The van der Waals surface area contributed by atoms with E-state index in [1.807, 2.05) is 17.8 Å². The maximum Gasteiger partial charge on any atom is 0.222 e. The fourth-order valence-electron chi connectivity index (χ4n) is 3.70. The fraction of sp³-hybridized carbons (Fsp3) is 0.0952. The van der Waals surface area contributed by atoms with E-state index in [0.717, 1.165) is 5.75 Å². The number of hydrogen-bond acceptors (Lipinski definition) is 2. The summed E-state index contributed by atoms with van der Waals surface area (Å²) in [6.45, 7) is 0. The molecular weight excluding hydrogens is 314 g/mol. The van der Waals surface area contributed by atoms with Gasteiger partial charge in [-0.25, -0.2) is 0 Å². The number of pyridine rings is 1. The quantitative estimate of drug-likeness (QED) is 0.318. The molecular formula is C21H16NOS+. The zero-order valence-electron chi connectivity index (χ0n) is 13.5. The van der Waals surface area contributed by atoms with Crippen molar-refractivity contribution in [2.24, 2.45) is 7.05 Å². The van der Waals surface area contributed by atoms with Gasteiger partial charge in [-0.3, -0.25) is 0 Å². The normalized spacial score (nSPS) is 12.4. The summed E-state index contributed by atoms with van der Waals surface area (Å²) in [5, 5.41) is 3.92. The summed E-state index contributed by atoms with van der Waals surface area (Å²) in [5.74, 6) is 0.888. The number of aryl methyl sites for hydroxylation is 1. The predicted molar refractivity (Wildman–Crippen MR) is 98.7 cm³/mol. The molecule has 0 spiro atoms. The van der Waals surface area contributed by atoms with Crippen LogP contribution in [-0.2, 0) is 7.05 Å². The van der Waals surface area contributed by atoms with E-state index in [2.05, 4.69) is 66.2 Å². The average Bonchev–Trinajstić information content (AvgIpc) is 2.64. The third-order valence-corrected chi connectivity index (χ3v) is 5.95. The van der Waals surface area contributed by atoms with Gasteiger partial charge < -0.3 is 4.74 Å². The molecule has 0 unspecified atom stereocenters. The average molecular weight is 330 g/mol. The monoisotopic (exact) mass is 330 g/mol. The second kappa shape index (κ2) is 4.99. The van der Waals surface area contributed by atoms with E-state index in [4.69, 9.17) is 4.74 Å². The molecule has 1 aromatic heterocycles. The topological polar surface area (TPSA) is 13.1 Å². The van der Waals surface area contributed by atoms with Gasteiger partial charge in [-0.1, -0.05) is 36.0 Å². The van der Waals surface area contributed by atoms with Crippen molar-refractivity contribution >= 4 is 33.4 Å². The molecule has 0 fully saturated rings. The lowest BCUT2D eigenvalue weighted by molar-refractivity contribution is -0.632. The van der Waals surface area contributed by atoms with E-state index < -0.39 is 0 Å². The van der Waals surface area contributed by atoms with E-state index in [0.29, 0.717) is 0 Å². The van der Waals surface area contributed by atoms with E-state index in [1.165, 1.54) is 42.7 Å². The van der Waals surface area contributed by atoms with Crippen LogP contribution >= 0.6 is 11.8 Å². The van der Waals surface area contributed by atoms with Gasteiger partial charge in [0.05, 0.1) is 29.5 Å². The van der Waals surface area contributed by atoms with Crippen molar-refractivity contribution in [1.29, 1.82) is 0 Å². The zero-order valence-corrected chi connectivity index (χ0v) is 14.4. The minimum atomic E-state index is 0.888. The Hall–Kier alpha value is -2.52. The zero-order chi connectivity index (χ0) is 16.3. The van der Waals surface area contributed by atoms with Gasteiger partial charge in [-0.15, -0.1) is 0 Å². The van der Waals surface area contributed by atoms with Crippen LogP contribution in [0, 0.1) is 0 Å². The maximum absolute atomic E-state index is 5.45. The van der Waals surface area contributed by atoms with E-state index in [1.54, 1.807) is 7.11 Å². The second-order valence-electron chi connectivity index (χ2n) is 6.07. The molecule has 5 rings (SSSR count). The van der Waals surface area contributed by atoms with E-state index >= 15 is 0 Å². The minimum absolute atomic E-state index is 0.888. The lowest BCUT2D eigenvalue weighted by Crippen LogP contribution is -2.33. The first kappa shape index (κ1) is 13.9. The number of hydrogen-bond donors (Lipinski definition) is 0. The molecule has 3 aromatic carbocycles. The van der Waals surface area contributed by atoms with Gasteiger partial charge in [0.15, 0.2) is 0 Å². The second-order valence-corrected chi connectivity index (χ2v) is 7.15. The molecule has 0 bridgehead atoms. The van der Waals surface area contributed by atoms with Crippen LogP contribution in [0.4, 0.5) is 0 Å². The Bertz CT molecular complexity index is 1130. The predicted octanol–water partition coefficient (Wildman–Crippen LogP) is 4.96. The van der Waals surface area contributed by atoms with Gasteiger partial charge in [0.25, 0.3) is 0 Å². The first-order valence-electron chi connectivity index (χ1n) is 7.97. The Kier molecular flexibility index (Phi) is 2.88. The first-order chi connectivity index (χ1) is 11.8. The smallest absolute Gasteiger partial charge is 0.222 e. The first-order valence-corrected chi connectivity index (χ1v) is 8.79. The highest BCUT2D eigenvalue weighted by Gasteiger charge is 2.28. The van der Waals surface area contributed by atoms with Gasteiger partial charge >= 0.3 is 0 Å². The number of nitrogens with zero attached hydrogens (tertiary/aromatic N) is 1. The van der Waals surface area contributed by atoms with E-state index in [-0.39, 0.29) is 0 Å². The van der Waals surface area contributed by atoms with Crippen LogP contribution < -0.4 is 9.30 Å². The Morgan fingerprint density at radius 1 is 0.875 bits per heavy atom.